The number of hydrogen-bond donors (Lipinski definition) is 1. The first-order chi connectivity index (χ1) is 9.20. The number of aryl methyl sites for hydroxylation is 1. The Morgan fingerprint density at radius 3 is 2.53 bits per heavy atom. The van der Waals surface area contributed by atoms with Crippen LogP contribution in [0.5, 0.6) is 0 Å². The minimum absolute atomic E-state index is 0.188. The van der Waals surface area contributed by atoms with Gasteiger partial charge in [0.1, 0.15) is 5.82 Å². The molecule has 96 valence electrons. The van der Waals surface area contributed by atoms with Gasteiger partial charge in [-0.25, -0.2) is 4.39 Å². The molecule has 0 atom stereocenters. The maximum absolute atomic E-state index is 13.4. The van der Waals surface area contributed by atoms with E-state index < -0.39 is 0 Å². The van der Waals surface area contributed by atoms with Gasteiger partial charge in [-0.15, -0.1) is 0 Å². The van der Waals surface area contributed by atoms with Gasteiger partial charge in [0.25, 0.3) is 0 Å². The molecule has 0 saturated heterocycles. The van der Waals surface area contributed by atoms with Crippen LogP contribution in [0.2, 0.25) is 0 Å². The SMILES string of the molecule is Cc1cc(C#N)ccc1CNCc1ccccc1F. The van der Waals surface area contributed by atoms with Crippen LogP contribution in [0.3, 0.4) is 0 Å². The molecule has 2 aromatic rings. The summed E-state index contributed by atoms with van der Waals surface area (Å²) in [5, 5.41) is 12.0. The van der Waals surface area contributed by atoms with Gasteiger partial charge < -0.3 is 5.32 Å². The van der Waals surface area contributed by atoms with Crippen molar-refractivity contribution in [3.63, 3.8) is 0 Å². The number of nitriles is 1. The number of halogens is 1. The van der Waals surface area contributed by atoms with Gasteiger partial charge in [-0.05, 0) is 36.2 Å². The molecule has 1 N–H and O–H groups in total. The zero-order chi connectivity index (χ0) is 13.7. The van der Waals surface area contributed by atoms with Crippen LogP contribution in [0.4, 0.5) is 4.39 Å². The predicted molar refractivity (Wildman–Crippen MR) is 72.8 cm³/mol. The lowest BCUT2D eigenvalue weighted by atomic mass is 10.1. The molecule has 0 aliphatic rings. The fourth-order valence-corrected chi connectivity index (χ4v) is 1.94. The summed E-state index contributed by atoms with van der Waals surface area (Å²) < 4.78 is 13.4. The van der Waals surface area contributed by atoms with Crippen molar-refractivity contribution in [2.45, 2.75) is 20.0 Å². The molecule has 2 nitrogen and oxygen atoms in total. The molecule has 0 aliphatic heterocycles. The van der Waals surface area contributed by atoms with E-state index in [1.165, 1.54) is 6.07 Å². The molecule has 0 fully saturated rings. The smallest absolute Gasteiger partial charge is 0.127 e. The van der Waals surface area contributed by atoms with E-state index in [2.05, 4.69) is 11.4 Å². The van der Waals surface area contributed by atoms with Crippen molar-refractivity contribution < 1.29 is 4.39 Å². The van der Waals surface area contributed by atoms with E-state index in [4.69, 9.17) is 5.26 Å². The lowest BCUT2D eigenvalue weighted by Gasteiger charge is -2.08. The van der Waals surface area contributed by atoms with Gasteiger partial charge in [0.2, 0.25) is 0 Å². The molecule has 0 heterocycles. The van der Waals surface area contributed by atoms with Crippen LogP contribution in [0, 0.1) is 24.1 Å². The van der Waals surface area contributed by atoms with E-state index in [0.29, 0.717) is 24.2 Å². The minimum atomic E-state index is -0.188. The lowest BCUT2D eigenvalue weighted by molar-refractivity contribution is 0.587. The lowest BCUT2D eigenvalue weighted by Crippen LogP contribution is -2.14. The molecule has 0 saturated carbocycles. The fraction of sp³-hybridized carbons (Fsp3) is 0.188. The Morgan fingerprint density at radius 1 is 1.11 bits per heavy atom. The summed E-state index contributed by atoms with van der Waals surface area (Å²) in [6.45, 7) is 3.12. The molecule has 0 spiro atoms. The van der Waals surface area contributed by atoms with Crippen molar-refractivity contribution in [2.24, 2.45) is 0 Å². The van der Waals surface area contributed by atoms with Gasteiger partial charge in [0, 0.05) is 18.7 Å². The first-order valence-electron chi connectivity index (χ1n) is 6.14. The quantitative estimate of drug-likeness (QED) is 0.908. The Morgan fingerprint density at radius 2 is 1.84 bits per heavy atom. The Bertz CT molecular complexity index is 614. The van der Waals surface area contributed by atoms with Crippen LogP contribution in [-0.4, -0.2) is 0 Å². The number of rotatable bonds is 4. The van der Waals surface area contributed by atoms with E-state index in [-0.39, 0.29) is 5.82 Å². The minimum Gasteiger partial charge on any atom is -0.309 e. The van der Waals surface area contributed by atoms with Gasteiger partial charge in [0.05, 0.1) is 11.6 Å². The number of nitrogens with zero attached hydrogens (tertiary/aromatic N) is 1. The Kier molecular flexibility index (Phi) is 4.27. The molecule has 0 radical (unpaired) electrons. The topological polar surface area (TPSA) is 35.8 Å². The highest BCUT2D eigenvalue weighted by Crippen LogP contribution is 2.11. The second-order valence-corrected chi connectivity index (χ2v) is 4.45. The molecule has 19 heavy (non-hydrogen) atoms. The monoisotopic (exact) mass is 254 g/mol. The van der Waals surface area contributed by atoms with E-state index >= 15 is 0 Å². The summed E-state index contributed by atoms with van der Waals surface area (Å²) in [5.41, 5.74) is 3.51. The Hall–Kier alpha value is -2.18. The molecule has 3 heteroatoms. The maximum atomic E-state index is 13.4. The van der Waals surface area contributed by atoms with E-state index in [1.807, 2.05) is 25.1 Å². The Balaban J connectivity index is 1.97. The molecule has 0 amide bonds. The van der Waals surface area contributed by atoms with Gasteiger partial charge >= 0.3 is 0 Å². The molecule has 0 bridgehead atoms. The van der Waals surface area contributed by atoms with Crippen LogP contribution < -0.4 is 5.32 Å². The second kappa shape index (κ2) is 6.12. The van der Waals surface area contributed by atoms with Crippen LogP contribution in [0.15, 0.2) is 42.5 Å². The van der Waals surface area contributed by atoms with Crippen molar-refractivity contribution in [1.82, 2.24) is 5.32 Å². The van der Waals surface area contributed by atoms with E-state index in [9.17, 15) is 4.39 Å². The standard InChI is InChI=1S/C16H15FN2/c1-12-8-13(9-18)6-7-14(12)10-19-11-15-4-2-3-5-16(15)17/h2-8,19H,10-11H2,1H3. The highest BCUT2D eigenvalue weighted by molar-refractivity contribution is 5.37. The second-order valence-electron chi connectivity index (χ2n) is 4.45. The first-order valence-corrected chi connectivity index (χ1v) is 6.14. The zero-order valence-corrected chi connectivity index (χ0v) is 10.8. The summed E-state index contributed by atoms with van der Waals surface area (Å²) in [7, 11) is 0. The number of nitrogens with one attached hydrogen (secondary N) is 1. The highest BCUT2D eigenvalue weighted by atomic mass is 19.1. The molecule has 0 unspecified atom stereocenters. The highest BCUT2D eigenvalue weighted by Gasteiger charge is 2.02. The largest absolute Gasteiger partial charge is 0.309 e. The first kappa shape index (κ1) is 13.3. The molecular formula is C16H15FN2. The average Bonchev–Trinajstić information content (AvgIpc) is 2.42. The zero-order valence-electron chi connectivity index (χ0n) is 10.8. The van der Waals surface area contributed by atoms with E-state index in [1.54, 1.807) is 18.2 Å². The van der Waals surface area contributed by atoms with Crippen molar-refractivity contribution >= 4 is 0 Å². The third kappa shape index (κ3) is 3.40. The van der Waals surface area contributed by atoms with Crippen molar-refractivity contribution in [3.8, 4) is 6.07 Å². The molecular weight excluding hydrogens is 239 g/mol. The van der Waals surface area contributed by atoms with Crippen molar-refractivity contribution in [2.75, 3.05) is 0 Å². The van der Waals surface area contributed by atoms with Crippen LogP contribution in [-0.2, 0) is 13.1 Å². The predicted octanol–water partition coefficient (Wildman–Crippen LogP) is 3.30. The van der Waals surface area contributed by atoms with Crippen LogP contribution in [0.1, 0.15) is 22.3 Å². The summed E-state index contributed by atoms with van der Waals surface area (Å²) in [6, 6.07) is 14.5. The third-order valence-electron chi connectivity index (χ3n) is 3.06. The summed E-state index contributed by atoms with van der Waals surface area (Å²) in [4.78, 5) is 0. The van der Waals surface area contributed by atoms with Gasteiger partial charge in [-0.1, -0.05) is 24.3 Å². The third-order valence-corrected chi connectivity index (χ3v) is 3.06. The van der Waals surface area contributed by atoms with Crippen LogP contribution in [0.25, 0.3) is 0 Å². The summed E-state index contributed by atoms with van der Waals surface area (Å²) in [6.07, 6.45) is 0. The van der Waals surface area contributed by atoms with Gasteiger partial charge in [-0.2, -0.15) is 5.26 Å². The fourth-order valence-electron chi connectivity index (χ4n) is 1.94. The number of hydrogen-bond acceptors (Lipinski definition) is 2. The van der Waals surface area contributed by atoms with Gasteiger partial charge in [0.15, 0.2) is 0 Å². The van der Waals surface area contributed by atoms with Crippen LogP contribution >= 0.6 is 0 Å². The van der Waals surface area contributed by atoms with E-state index in [0.717, 1.165) is 11.1 Å². The summed E-state index contributed by atoms with van der Waals surface area (Å²) >= 11 is 0. The van der Waals surface area contributed by atoms with Gasteiger partial charge in [-0.3, -0.25) is 0 Å². The Labute approximate surface area is 112 Å². The maximum Gasteiger partial charge on any atom is 0.127 e. The molecule has 2 rings (SSSR count). The summed E-state index contributed by atoms with van der Waals surface area (Å²) in [5.74, 6) is -0.188. The normalized spacial score (nSPS) is 10.2. The average molecular weight is 254 g/mol. The number of benzene rings is 2. The molecule has 0 aliphatic carbocycles. The molecule has 0 aromatic heterocycles. The van der Waals surface area contributed by atoms with Crippen molar-refractivity contribution in [3.05, 3.63) is 70.5 Å². The van der Waals surface area contributed by atoms with Crippen molar-refractivity contribution in [1.29, 1.82) is 5.26 Å². The molecule has 2 aromatic carbocycles.